The monoisotopic (exact) mass is 342 g/mol. The van der Waals surface area contributed by atoms with Crippen molar-refractivity contribution >= 4 is 23.4 Å². The number of hydrogen-bond donors (Lipinski definition) is 1. The number of methoxy groups -OCH3 is 1. The highest BCUT2D eigenvalue weighted by Crippen LogP contribution is 2.44. The topological polar surface area (TPSA) is 71.3 Å². The number of para-hydroxylation sites is 1. The summed E-state index contributed by atoms with van der Waals surface area (Å²) in [4.78, 5) is 11.7. The molecule has 122 valence electrons. The van der Waals surface area contributed by atoms with Crippen LogP contribution in [0.25, 0.3) is 11.1 Å². The molecule has 0 radical (unpaired) electrons. The molecule has 1 amide bonds. The van der Waals surface area contributed by atoms with Crippen LogP contribution in [-0.4, -0.2) is 13.2 Å². The number of hydrogen-bond acceptors (Lipinski definition) is 4. The summed E-state index contributed by atoms with van der Waals surface area (Å²) < 4.78 is 10.8. The maximum absolute atomic E-state index is 11.7. The van der Waals surface area contributed by atoms with E-state index in [0.717, 1.165) is 5.56 Å². The summed E-state index contributed by atoms with van der Waals surface area (Å²) >= 11 is 6.43. The highest BCUT2D eigenvalue weighted by molar-refractivity contribution is 6.34. The van der Waals surface area contributed by atoms with Crippen molar-refractivity contribution in [2.24, 2.45) is 0 Å². The largest absolute Gasteiger partial charge is 0.495 e. The van der Waals surface area contributed by atoms with Crippen molar-refractivity contribution < 1.29 is 14.3 Å². The molecule has 0 saturated heterocycles. The highest BCUT2D eigenvalue weighted by atomic mass is 35.5. The zero-order valence-electron chi connectivity index (χ0n) is 13.4. The van der Waals surface area contributed by atoms with Crippen molar-refractivity contribution in [3.05, 3.63) is 46.5 Å². The Bertz CT molecular complexity index is 885. The maximum atomic E-state index is 11.7. The van der Waals surface area contributed by atoms with Crippen molar-refractivity contribution in [2.45, 2.75) is 19.4 Å². The Hall–Kier alpha value is -2.71. The normalized spacial score (nSPS) is 14.9. The van der Waals surface area contributed by atoms with E-state index in [1.807, 2.05) is 26.0 Å². The lowest BCUT2D eigenvalue weighted by atomic mass is 9.90. The van der Waals surface area contributed by atoms with E-state index < -0.39 is 11.7 Å². The predicted octanol–water partition coefficient (Wildman–Crippen LogP) is 4.68. The zero-order chi connectivity index (χ0) is 17.5. The van der Waals surface area contributed by atoms with Crippen LogP contribution >= 0.6 is 11.6 Å². The number of nitriles is 1. The first-order valence-corrected chi connectivity index (χ1v) is 7.66. The minimum Gasteiger partial charge on any atom is -0.495 e. The average molecular weight is 343 g/mol. The number of carbonyl (C=O) groups excluding carboxylic acids is 1. The van der Waals surface area contributed by atoms with Crippen LogP contribution in [0.1, 0.15) is 25.0 Å². The van der Waals surface area contributed by atoms with Crippen molar-refractivity contribution in [3.8, 4) is 22.9 Å². The third kappa shape index (κ3) is 2.55. The molecule has 0 atom stereocenters. The van der Waals surface area contributed by atoms with E-state index in [2.05, 4.69) is 11.4 Å². The third-order valence-electron chi connectivity index (χ3n) is 3.97. The number of rotatable bonds is 2. The van der Waals surface area contributed by atoms with Crippen LogP contribution < -0.4 is 10.1 Å². The van der Waals surface area contributed by atoms with Crippen LogP contribution in [0, 0.1) is 11.3 Å². The molecule has 0 bridgehead atoms. The number of nitrogens with zero attached hydrogens (tertiary/aromatic N) is 1. The van der Waals surface area contributed by atoms with Crippen molar-refractivity contribution in [2.75, 3.05) is 12.4 Å². The molecule has 0 fully saturated rings. The summed E-state index contributed by atoms with van der Waals surface area (Å²) in [7, 11) is 1.51. The smallest absolute Gasteiger partial charge is 0.412 e. The van der Waals surface area contributed by atoms with Gasteiger partial charge in [0.1, 0.15) is 17.4 Å². The molecule has 0 aliphatic carbocycles. The van der Waals surface area contributed by atoms with Gasteiger partial charge in [0.15, 0.2) is 0 Å². The zero-order valence-corrected chi connectivity index (χ0v) is 14.2. The molecule has 24 heavy (non-hydrogen) atoms. The van der Waals surface area contributed by atoms with Crippen LogP contribution in [0.15, 0.2) is 30.3 Å². The first-order valence-electron chi connectivity index (χ1n) is 7.29. The molecule has 3 rings (SSSR count). The Labute approximate surface area is 144 Å². The predicted molar refractivity (Wildman–Crippen MR) is 91.3 cm³/mol. The number of fused-ring (bicyclic) bond motifs is 1. The number of nitrogens with one attached hydrogen (secondary N) is 1. The van der Waals surface area contributed by atoms with Gasteiger partial charge in [0.05, 0.1) is 23.4 Å². The molecule has 0 saturated carbocycles. The third-order valence-corrected chi connectivity index (χ3v) is 4.28. The Balaban J connectivity index is 2.25. The molecule has 2 aromatic carbocycles. The van der Waals surface area contributed by atoms with Crippen molar-refractivity contribution in [3.63, 3.8) is 0 Å². The number of halogens is 1. The summed E-state index contributed by atoms with van der Waals surface area (Å²) in [6.07, 6.45) is -0.514. The van der Waals surface area contributed by atoms with Crippen LogP contribution in [0.5, 0.6) is 5.75 Å². The van der Waals surface area contributed by atoms with E-state index in [-0.39, 0.29) is 0 Å². The van der Waals surface area contributed by atoms with E-state index in [1.165, 1.54) is 7.11 Å². The minimum atomic E-state index is -0.795. The fourth-order valence-corrected chi connectivity index (χ4v) is 3.13. The van der Waals surface area contributed by atoms with E-state index in [0.29, 0.717) is 33.1 Å². The first-order chi connectivity index (χ1) is 11.4. The van der Waals surface area contributed by atoms with Crippen molar-refractivity contribution in [1.82, 2.24) is 0 Å². The highest BCUT2D eigenvalue weighted by Gasteiger charge is 2.34. The lowest BCUT2D eigenvalue weighted by Crippen LogP contribution is -2.34. The summed E-state index contributed by atoms with van der Waals surface area (Å²) in [6, 6.07) is 10.9. The fourth-order valence-electron chi connectivity index (χ4n) is 2.86. The fraction of sp³-hybridized carbons (Fsp3) is 0.222. The van der Waals surface area contributed by atoms with E-state index >= 15 is 0 Å². The second-order valence-electron chi connectivity index (χ2n) is 5.90. The summed E-state index contributed by atoms with van der Waals surface area (Å²) in [5, 5.41) is 12.4. The van der Waals surface area contributed by atoms with Crippen LogP contribution in [0.2, 0.25) is 5.02 Å². The Morgan fingerprint density at radius 1 is 1.29 bits per heavy atom. The summed E-state index contributed by atoms with van der Waals surface area (Å²) in [5.41, 5.74) is 2.45. The van der Waals surface area contributed by atoms with Crippen molar-refractivity contribution in [1.29, 1.82) is 5.26 Å². The molecule has 1 aliphatic heterocycles. The van der Waals surface area contributed by atoms with Gasteiger partial charge >= 0.3 is 6.09 Å². The number of anilines is 1. The molecule has 1 heterocycles. The molecular weight excluding hydrogens is 328 g/mol. The Morgan fingerprint density at radius 3 is 2.71 bits per heavy atom. The number of benzene rings is 2. The molecule has 0 unspecified atom stereocenters. The van der Waals surface area contributed by atoms with Gasteiger partial charge in [-0.3, -0.25) is 5.32 Å². The van der Waals surface area contributed by atoms with Gasteiger partial charge in [0.2, 0.25) is 0 Å². The van der Waals surface area contributed by atoms with E-state index in [1.54, 1.807) is 18.2 Å². The standard InChI is InChI=1S/C18H15ClN2O3/c1-18(2)13-7-12(14(19)8-15(13)21-17(22)24-18)11-6-4-5-10(9-20)16(11)23-3/h4-8H,1-3H3,(H,21,22). The minimum absolute atomic E-state index is 0.424. The second-order valence-corrected chi connectivity index (χ2v) is 6.31. The van der Waals surface area contributed by atoms with E-state index in [9.17, 15) is 10.1 Å². The number of carbonyl (C=O) groups is 1. The van der Waals surface area contributed by atoms with Gasteiger partial charge in [-0.05, 0) is 32.0 Å². The second kappa shape index (κ2) is 5.73. The van der Waals surface area contributed by atoms with Gasteiger partial charge in [-0.15, -0.1) is 0 Å². The quantitative estimate of drug-likeness (QED) is 0.859. The van der Waals surface area contributed by atoms with Gasteiger partial charge in [0.25, 0.3) is 0 Å². The van der Waals surface area contributed by atoms with Crippen LogP contribution in [0.4, 0.5) is 10.5 Å². The summed E-state index contributed by atoms with van der Waals surface area (Å²) in [6.45, 7) is 3.62. The molecule has 1 aliphatic rings. The Kier molecular flexibility index (Phi) is 3.86. The number of ether oxygens (including phenoxy) is 2. The van der Waals surface area contributed by atoms with Gasteiger partial charge in [0, 0.05) is 16.7 Å². The molecule has 1 N–H and O–H groups in total. The number of amides is 1. The van der Waals surface area contributed by atoms with Gasteiger partial charge in [-0.2, -0.15) is 5.26 Å². The SMILES string of the molecule is COc1c(C#N)cccc1-c1cc2c(cc1Cl)NC(=O)OC2(C)C. The first kappa shape index (κ1) is 16.2. The average Bonchev–Trinajstić information content (AvgIpc) is 2.52. The molecular formula is C18H15ClN2O3. The maximum Gasteiger partial charge on any atom is 0.412 e. The molecule has 0 spiro atoms. The molecule has 2 aromatic rings. The van der Waals surface area contributed by atoms with Gasteiger partial charge < -0.3 is 9.47 Å². The van der Waals surface area contributed by atoms with Gasteiger partial charge in [-0.25, -0.2) is 4.79 Å². The van der Waals surface area contributed by atoms with E-state index in [4.69, 9.17) is 21.1 Å². The lowest BCUT2D eigenvalue weighted by Gasteiger charge is -2.33. The number of cyclic esters (lactones) is 1. The molecule has 6 heteroatoms. The van der Waals surface area contributed by atoms with Gasteiger partial charge in [-0.1, -0.05) is 23.7 Å². The summed E-state index contributed by atoms with van der Waals surface area (Å²) in [5.74, 6) is 0.459. The van der Waals surface area contributed by atoms with Crippen LogP contribution in [0.3, 0.4) is 0 Å². The Morgan fingerprint density at radius 2 is 2.04 bits per heavy atom. The van der Waals surface area contributed by atoms with Crippen LogP contribution in [-0.2, 0) is 10.3 Å². The lowest BCUT2D eigenvalue weighted by molar-refractivity contribution is 0.0421. The molecule has 5 nitrogen and oxygen atoms in total. The molecule has 0 aromatic heterocycles.